The molecule has 0 radical (unpaired) electrons. The number of ether oxygens (including phenoxy) is 3. The molecule has 0 spiro atoms. The molecule has 220 valence electrons. The molecule has 1 aliphatic carbocycles. The number of phenolic OH excluding ortho intramolecular Hbond substituents is 3. The smallest absolute Gasteiger partial charge is 0.203 e. The molecule has 2 aliphatic rings. The van der Waals surface area contributed by atoms with E-state index in [1.807, 2.05) is 0 Å². The van der Waals surface area contributed by atoms with Crippen LogP contribution in [0.25, 0.3) is 10.8 Å². The van der Waals surface area contributed by atoms with Crippen LogP contribution < -0.4 is 4.74 Å². The fraction of sp³-hybridized carbons (Fsp3) is 0.556. The van der Waals surface area contributed by atoms with Crippen LogP contribution >= 0.6 is 0 Å². The van der Waals surface area contributed by atoms with Gasteiger partial charge in [0.1, 0.15) is 35.9 Å². The summed E-state index contributed by atoms with van der Waals surface area (Å²) in [6, 6.07) is 1.34. The third-order valence-corrected chi connectivity index (χ3v) is 7.76. The number of hydrogen-bond donors (Lipinski definition) is 8. The fourth-order valence-electron chi connectivity index (χ4n) is 5.42. The van der Waals surface area contributed by atoms with Crippen LogP contribution in [0.15, 0.2) is 6.07 Å². The molecule has 0 bridgehead atoms. The maximum absolute atomic E-state index is 13.3. The maximum atomic E-state index is 13.3. The second kappa shape index (κ2) is 11.1. The number of rotatable bonds is 7. The summed E-state index contributed by atoms with van der Waals surface area (Å²) in [5, 5.41) is 83.3. The van der Waals surface area contributed by atoms with Crippen molar-refractivity contribution in [2.45, 2.75) is 82.6 Å². The van der Waals surface area contributed by atoms with Crippen molar-refractivity contribution in [3.63, 3.8) is 0 Å². The first-order valence-electron chi connectivity index (χ1n) is 12.8. The van der Waals surface area contributed by atoms with E-state index in [1.165, 1.54) is 26.8 Å². The predicted octanol–water partition coefficient (Wildman–Crippen LogP) is -0.458. The molecule has 13 nitrogen and oxygen atoms in total. The number of aliphatic hydroxyl groups excluding tert-OH is 5. The lowest BCUT2D eigenvalue weighted by atomic mass is 9.75. The van der Waals surface area contributed by atoms with Gasteiger partial charge >= 0.3 is 0 Å². The molecule has 1 saturated heterocycles. The highest BCUT2D eigenvalue weighted by Crippen LogP contribution is 2.51. The first-order valence-corrected chi connectivity index (χ1v) is 12.8. The molecule has 0 aromatic heterocycles. The molecule has 8 N–H and O–H groups in total. The lowest BCUT2D eigenvalue weighted by molar-refractivity contribution is -0.216. The molecule has 9 atom stereocenters. The molecular formula is C27H34O13. The molecule has 0 saturated carbocycles. The third-order valence-electron chi connectivity index (χ3n) is 7.76. The normalized spacial score (nSPS) is 29.1. The SMILES string of the molecule is COC(C(=O)C(O)C(C)O)C1Cc2cc3c(O[C@H]4C[C@@H](O)[C@H](O)[C@@H](C)O4)c(O)c(C)c(O)c3c(O)c2C(=O)C1O. The van der Waals surface area contributed by atoms with Gasteiger partial charge in [-0.1, -0.05) is 0 Å². The van der Waals surface area contributed by atoms with E-state index in [-0.39, 0.29) is 46.1 Å². The van der Waals surface area contributed by atoms with Crippen LogP contribution in [0, 0.1) is 12.8 Å². The van der Waals surface area contributed by atoms with E-state index in [0.29, 0.717) is 0 Å². The van der Waals surface area contributed by atoms with Crippen molar-refractivity contribution in [2.24, 2.45) is 5.92 Å². The Morgan fingerprint density at radius 2 is 1.75 bits per heavy atom. The van der Waals surface area contributed by atoms with Crippen LogP contribution in [-0.4, -0.2) is 109 Å². The molecule has 40 heavy (non-hydrogen) atoms. The fourth-order valence-corrected chi connectivity index (χ4v) is 5.42. The lowest BCUT2D eigenvalue weighted by Gasteiger charge is -2.36. The van der Waals surface area contributed by atoms with Crippen LogP contribution in [0.5, 0.6) is 23.0 Å². The van der Waals surface area contributed by atoms with Crippen LogP contribution in [0.3, 0.4) is 0 Å². The number of carbonyl (C=O) groups is 2. The van der Waals surface area contributed by atoms with Gasteiger partial charge in [0.2, 0.25) is 6.29 Å². The van der Waals surface area contributed by atoms with Crippen molar-refractivity contribution < 1.29 is 64.7 Å². The van der Waals surface area contributed by atoms with E-state index in [4.69, 9.17) is 14.2 Å². The third kappa shape index (κ3) is 4.87. The van der Waals surface area contributed by atoms with Crippen molar-refractivity contribution in [1.29, 1.82) is 0 Å². The van der Waals surface area contributed by atoms with Crippen molar-refractivity contribution in [3.05, 3.63) is 22.8 Å². The van der Waals surface area contributed by atoms with Crippen molar-refractivity contribution in [2.75, 3.05) is 7.11 Å². The van der Waals surface area contributed by atoms with E-state index in [1.54, 1.807) is 0 Å². The van der Waals surface area contributed by atoms with E-state index >= 15 is 0 Å². The van der Waals surface area contributed by atoms with Gasteiger partial charge in [0, 0.05) is 30.4 Å². The van der Waals surface area contributed by atoms with Crippen molar-refractivity contribution >= 4 is 22.3 Å². The summed E-state index contributed by atoms with van der Waals surface area (Å²) in [6.07, 6.45) is -11.3. The Morgan fingerprint density at radius 1 is 1.10 bits per heavy atom. The average Bonchev–Trinajstić information content (AvgIpc) is 2.90. The van der Waals surface area contributed by atoms with Gasteiger partial charge in [-0.25, -0.2) is 0 Å². The van der Waals surface area contributed by atoms with Gasteiger partial charge < -0.3 is 55.1 Å². The summed E-state index contributed by atoms with van der Waals surface area (Å²) < 4.78 is 16.7. The molecule has 2 aromatic carbocycles. The molecule has 1 aliphatic heterocycles. The van der Waals surface area contributed by atoms with Crippen LogP contribution in [0.1, 0.15) is 41.8 Å². The highest BCUT2D eigenvalue weighted by molar-refractivity contribution is 6.12. The quantitative estimate of drug-likeness (QED) is 0.213. The van der Waals surface area contributed by atoms with Crippen LogP contribution in [-0.2, 0) is 20.7 Å². The first-order chi connectivity index (χ1) is 18.7. The Hall–Kier alpha value is -3.04. The number of carbonyl (C=O) groups excluding carboxylic acids is 2. The molecule has 1 heterocycles. The zero-order valence-corrected chi connectivity index (χ0v) is 22.3. The molecule has 2 aromatic rings. The van der Waals surface area contributed by atoms with Gasteiger partial charge in [-0.15, -0.1) is 0 Å². The van der Waals surface area contributed by atoms with Crippen LogP contribution in [0.2, 0.25) is 0 Å². The van der Waals surface area contributed by atoms with Gasteiger partial charge in [-0.3, -0.25) is 9.59 Å². The number of ketones is 2. The Labute approximate surface area is 228 Å². The molecular weight excluding hydrogens is 532 g/mol. The Bertz CT molecular complexity index is 1310. The van der Waals surface area contributed by atoms with E-state index in [0.717, 1.165) is 7.11 Å². The van der Waals surface area contributed by atoms with Gasteiger partial charge in [-0.05, 0) is 38.8 Å². The second-order valence-corrected chi connectivity index (χ2v) is 10.4. The van der Waals surface area contributed by atoms with Gasteiger partial charge in [0.05, 0.1) is 29.3 Å². The number of benzene rings is 2. The lowest BCUT2D eigenvalue weighted by Crippen LogP contribution is -2.50. The van der Waals surface area contributed by atoms with Crippen molar-refractivity contribution in [3.8, 4) is 23.0 Å². The number of phenols is 3. The second-order valence-electron chi connectivity index (χ2n) is 10.4. The van der Waals surface area contributed by atoms with E-state index in [9.17, 15) is 50.4 Å². The minimum Gasteiger partial charge on any atom is -0.507 e. The van der Waals surface area contributed by atoms with Gasteiger partial charge in [0.25, 0.3) is 0 Å². The number of Topliss-reactive ketones (excluding diaryl/α,β-unsaturated/α-hetero) is 2. The Morgan fingerprint density at radius 3 is 2.33 bits per heavy atom. The summed E-state index contributed by atoms with van der Waals surface area (Å²) in [5.41, 5.74) is -0.296. The zero-order valence-electron chi connectivity index (χ0n) is 22.3. The van der Waals surface area contributed by atoms with E-state index < -0.39 is 83.8 Å². The highest BCUT2D eigenvalue weighted by Gasteiger charge is 2.46. The average molecular weight is 567 g/mol. The predicted molar refractivity (Wildman–Crippen MR) is 136 cm³/mol. The molecule has 5 unspecified atom stereocenters. The van der Waals surface area contributed by atoms with Crippen molar-refractivity contribution in [1.82, 2.24) is 0 Å². The maximum Gasteiger partial charge on any atom is 0.203 e. The minimum atomic E-state index is -1.85. The number of hydrogen-bond acceptors (Lipinski definition) is 13. The van der Waals surface area contributed by atoms with Gasteiger partial charge in [0.15, 0.2) is 23.1 Å². The molecule has 1 fully saturated rings. The first kappa shape index (κ1) is 29.9. The summed E-state index contributed by atoms with van der Waals surface area (Å²) in [7, 11) is 1.14. The standard InChI is InChI=1S/C27H34O13/c1-8-18(30)17-12(27(19(8)31)40-15-7-14(29)21(33)10(3)39-15)5-11-6-13(22(34)24(36)16(11)23(17)35)26(38-4)25(37)20(32)9(2)28/h5,9-10,13-15,20-22,26,28-35H,6-7H2,1-4H3/t9?,10-,13?,14-,15+,20?,21-,22?,26?/m1/s1. The summed E-state index contributed by atoms with van der Waals surface area (Å²) in [6.45, 7) is 4.05. The topological polar surface area (TPSA) is 224 Å². The molecule has 4 rings (SSSR count). The summed E-state index contributed by atoms with van der Waals surface area (Å²) >= 11 is 0. The highest BCUT2D eigenvalue weighted by atomic mass is 16.7. The number of fused-ring (bicyclic) bond motifs is 2. The summed E-state index contributed by atoms with van der Waals surface area (Å²) in [5.74, 6) is -5.16. The van der Waals surface area contributed by atoms with Crippen LogP contribution in [0.4, 0.5) is 0 Å². The van der Waals surface area contributed by atoms with E-state index in [2.05, 4.69) is 0 Å². The Balaban J connectivity index is 1.84. The Kier molecular flexibility index (Phi) is 8.30. The number of aromatic hydroxyl groups is 3. The molecule has 13 heteroatoms. The zero-order chi connectivity index (χ0) is 29.8. The van der Waals surface area contributed by atoms with Gasteiger partial charge in [-0.2, -0.15) is 0 Å². The number of aliphatic hydroxyl groups is 5. The summed E-state index contributed by atoms with van der Waals surface area (Å²) in [4.78, 5) is 26.1. The molecule has 0 amide bonds. The minimum absolute atomic E-state index is 0.0408. The largest absolute Gasteiger partial charge is 0.507 e. The monoisotopic (exact) mass is 566 g/mol. The number of methoxy groups -OCH3 is 1.